The summed E-state index contributed by atoms with van der Waals surface area (Å²) in [5, 5.41) is 4.77. The first kappa shape index (κ1) is 25.3. The van der Waals surface area contributed by atoms with Crippen LogP contribution in [0.2, 0.25) is 14.4 Å². The molecule has 0 fully saturated rings. The van der Waals surface area contributed by atoms with Gasteiger partial charge in [0.25, 0.3) is 15.9 Å². The van der Waals surface area contributed by atoms with Crippen LogP contribution in [0.3, 0.4) is 0 Å². The summed E-state index contributed by atoms with van der Waals surface area (Å²) in [6.45, 7) is -0.206. The second-order valence-corrected chi connectivity index (χ2v) is 11.4. The number of carbonyl (C=O) groups is 2. The SMILES string of the molecule is CNc1cc2c(cc1F)C(=O)N(c1cc(Cl)c(NC(=O)NS(=O)(=O)c3ccc(Cl)s3)c(Cl)c1)CO2. The van der Waals surface area contributed by atoms with Gasteiger partial charge in [-0.15, -0.1) is 11.3 Å². The minimum Gasteiger partial charge on any atom is -0.472 e. The summed E-state index contributed by atoms with van der Waals surface area (Å²) < 4.78 is 46.3. The average molecular weight is 580 g/mol. The topological polar surface area (TPSA) is 117 Å². The number of hydrogen-bond acceptors (Lipinski definition) is 7. The first-order valence-electron chi connectivity index (χ1n) is 9.54. The number of ether oxygens (including phenoxy) is 1. The Bertz CT molecular complexity index is 1440. The van der Waals surface area contributed by atoms with Crippen molar-refractivity contribution in [1.82, 2.24) is 4.72 Å². The maximum Gasteiger partial charge on any atom is 0.333 e. The molecule has 3 aromatic rings. The number of fused-ring (bicyclic) bond motifs is 1. The highest BCUT2D eigenvalue weighted by molar-refractivity contribution is 7.92. The molecule has 184 valence electrons. The number of anilines is 3. The number of sulfonamides is 1. The average Bonchev–Trinajstić information content (AvgIpc) is 3.23. The molecule has 1 aliphatic heterocycles. The van der Waals surface area contributed by atoms with Gasteiger partial charge in [-0.2, -0.15) is 0 Å². The molecule has 2 aromatic carbocycles. The van der Waals surface area contributed by atoms with E-state index in [0.717, 1.165) is 17.4 Å². The number of thiophene rings is 1. The fourth-order valence-electron chi connectivity index (χ4n) is 3.15. The Morgan fingerprint density at radius 2 is 1.83 bits per heavy atom. The number of nitrogens with zero attached hydrogens (tertiary/aromatic N) is 1. The van der Waals surface area contributed by atoms with Gasteiger partial charge in [0, 0.05) is 13.1 Å². The minimum atomic E-state index is -4.17. The summed E-state index contributed by atoms with van der Waals surface area (Å²) in [4.78, 5) is 26.4. The van der Waals surface area contributed by atoms with Crippen LogP contribution in [-0.2, 0) is 10.0 Å². The van der Waals surface area contributed by atoms with E-state index in [4.69, 9.17) is 39.5 Å². The summed E-state index contributed by atoms with van der Waals surface area (Å²) in [6, 6.07) is 6.59. The molecule has 0 saturated carbocycles. The Kier molecular flexibility index (Phi) is 7.02. The molecule has 0 unspecified atom stereocenters. The Labute approximate surface area is 217 Å². The van der Waals surface area contributed by atoms with Gasteiger partial charge in [-0.3, -0.25) is 9.69 Å². The molecule has 0 bridgehead atoms. The lowest BCUT2D eigenvalue weighted by atomic mass is 10.1. The lowest BCUT2D eigenvalue weighted by molar-refractivity contribution is 0.0936. The standard InChI is InChI=1S/C20H14Cl3FN4O5S2/c1-25-14-7-15-10(6-13(14)24)19(29)28(8-33-15)9-4-11(21)18(12(22)5-9)26-20(30)27-35(31,32)17-3-2-16(23)34-17/h2-7,25H,8H2,1H3,(H2,26,27,30). The maximum atomic E-state index is 14.2. The summed E-state index contributed by atoms with van der Waals surface area (Å²) in [5.74, 6) is -0.983. The van der Waals surface area contributed by atoms with Crippen LogP contribution >= 0.6 is 46.1 Å². The molecule has 0 aliphatic carbocycles. The highest BCUT2D eigenvalue weighted by Crippen LogP contribution is 2.38. The molecule has 0 spiro atoms. The van der Waals surface area contributed by atoms with Crippen molar-refractivity contribution < 1.29 is 27.1 Å². The zero-order valence-corrected chi connectivity index (χ0v) is 21.4. The molecule has 1 aliphatic rings. The molecule has 0 radical (unpaired) electrons. The summed E-state index contributed by atoms with van der Waals surface area (Å²) in [5.41, 5.74) is 0.291. The lowest BCUT2D eigenvalue weighted by Gasteiger charge is -2.29. The van der Waals surface area contributed by atoms with Crippen molar-refractivity contribution in [3.8, 4) is 5.75 Å². The van der Waals surface area contributed by atoms with E-state index < -0.39 is 27.8 Å². The van der Waals surface area contributed by atoms with E-state index in [1.54, 1.807) is 0 Å². The molecular formula is C20H14Cl3FN4O5S2. The fourth-order valence-corrected chi connectivity index (χ4v) is 6.11. The predicted molar refractivity (Wildman–Crippen MR) is 133 cm³/mol. The first-order valence-corrected chi connectivity index (χ1v) is 13.0. The van der Waals surface area contributed by atoms with Crippen molar-refractivity contribution >= 4 is 85.2 Å². The molecule has 2 heterocycles. The molecule has 9 nitrogen and oxygen atoms in total. The number of nitrogens with one attached hydrogen (secondary N) is 3. The van der Waals surface area contributed by atoms with Crippen molar-refractivity contribution in [2.24, 2.45) is 0 Å². The second-order valence-electron chi connectivity index (χ2n) is 6.99. The number of urea groups is 1. The predicted octanol–water partition coefficient (Wildman–Crippen LogP) is 5.40. The van der Waals surface area contributed by atoms with Gasteiger partial charge in [-0.05, 0) is 30.3 Å². The van der Waals surface area contributed by atoms with E-state index in [9.17, 15) is 22.4 Å². The normalized spacial score (nSPS) is 13.2. The van der Waals surface area contributed by atoms with Crippen molar-refractivity contribution in [2.45, 2.75) is 4.21 Å². The molecule has 3 amide bonds. The van der Waals surface area contributed by atoms with E-state index in [0.29, 0.717) is 0 Å². The van der Waals surface area contributed by atoms with Gasteiger partial charge < -0.3 is 15.4 Å². The quantitative estimate of drug-likeness (QED) is 0.373. The summed E-state index contributed by atoms with van der Waals surface area (Å²) in [6.07, 6.45) is 0. The third-order valence-electron chi connectivity index (χ3n) is 4.78. The molecule has 1 aromatic heterocycles. The van der Waals surface area contributed by atoms with Crippen LogP contribution in [0, 0.1) is 5.82 Å². The Hall–Kier alpha value is -2.77. The number of rotatable bonds is 5. The Balaban J connectivity index is 1.55. The van der Waals surface area contributed by atoms with Crippen LogP contribution < -0.4 is 25.0 Å². The van der Waals surface area contributed by atoms with Crippen molar-refractivity contribution in [2.75, 3.05) is 29.3 Å². The minimum absolute atomic E-state index is 0.000427. The van der Waals surface area contributed by atoms with Gasteiger partial charge in [0.2, 0.25) is 0 Å². The molecule has 35 heavy (non-hydrogen) atoms. The highest BCUT2D eigenvalue weighted by Gasteiger charge is 2.30. The smallest absolute Gasteiger partial charge is 0.333 e. The van der Waals surface area contributed by atoms with E-state index in [-0.39, 0.29) is 53.7 Å². The molecule has 4 rings (SSSR count). The zero-order valence-electron chi connectivity index (χ0n) is 17.5. The fraction of sp³-hybridized carbons (Fsp3) is 0.100. The molecule has 0 atom stereocenters. The highest BCUT2D eigenvalue weighted by atomic mass is 35.5. The van der Waals surface area contributed by atoms with Crippen LogP contribution in [0.25, 0.3) is 0 Å². The molecule has 3 N–H and O–H groups in total. The summed E-state index contributed by atoms with van der Waals surface area (Å²) in [7, 11) is -2.64. The van der Waals surface area contributed by atoms with Crippen molar-refractivity contribution in [3.63, 3.8) is 0 Å². The van der Waals surface area contributed by atoms with Crippen LogP contribution in [0.15, 0.2) is 40.6 Å². The van der Waals surface area contributed by atoms with E-state index in [2.05, 4.69) is 10.6 Å². The Morgan fingerprint density at radius 1 is 1.14 bits per heavy atom. The van der Waals surface area contributed by atoms with Gasteiger partial charge in [0.15, 0.2) is 6.73 Å². The lowest BCUT2D eigenvalue weighted by Crippen LogP contribution is -2.39. The van der Waals surface area contributed by atoms with E-state index in [1.165, 1.54) is 42.3 Å². The number of amides is 3. The van der Waals surface area contributed by atoms with Crippen molar-refractivity contribution in [3.05, 3.63) is 62.2 Å². The Morgan fingerprint density at radius 3 is 2.43 bits per heavy atom. The van der Waals surface area contributed by atoms with E-state index >= 15 is 0 Å². The maximum absolute atomic E-state index is 14.2. The van der Waals surface area contributed by atoms with Gasteiger partial charge >= 0.3 is 6.03 Å². The molecular weight excluding hydrogens is 566 g/mol. The van der Waals surface area contributed by atoms with Crippen LogP contribution in [0.5, 0.6) is 5.75 Å². The third kappa shape index (κ3) is 5.11. The number of hydrogen-bond donors (Lipinski definition) is 3. The second kappa shape index (κ2) is 9.70. The van der Waals surface area contributed by atoms with E-state index in [1.807, 2.05) is 4.72 Å². The third-order valence-corrected chi connectivity index (χ3v) is 8.43. The number of benzene rings is 2. The number of halogens is 4. The van der Waals surface area contributed by atoms with Gasteiger partial charge in [0.05, 0.1) is 37.0 Å². The number of carbonyl (C=O) groups excluding carboxylic acids is 2. The zero-order chi connectivity index (χ0) is 25.5. The molecule has 15 heteroatoms. The van der Waals surface area contributed by atoms with Crippen LogP contribution in [0.4, 0.5) is 26.2 Å². The van der Waals surface area contributed by atoms with Crippen LogP contribution in [-0.4, -0.2) is 34.1 Å². The van der Waals surface area contributed by atoms with Gasteiger partial charge in [0.1, 0.15) is 15.8 Å². The summed E-state index contributed by atoms with van der Waals surface area (Å²) >= 11 is 19.0. The first-order chi connectivity index (χ1) is 16.5. The van der Waals surface area contributed by atoms with Gasteiger partial charge in [-0.1, -0.05) is 34.8 Å². The monoisotopic (exact) mass is 578 g/mol. The van der Waals surface area contributed by atoms with Crippen LogP contribution in [0.1, 0.15) is 10.4 Å². The van der Waals surface area contributed by atoms with Crippen molar-refractivity contribution in [1.29, 1.82) is 0 Å². The van der Waals surface area contributed by atoms with Gasteiger partial charge in [-0.25, -0.2) is 22.3 Å². The largest absolute Gasteiger partial charge is 0.472 e. The molecule has 0 saturated heterocycles.